The number of hydrogen-bond acceptors (Lipinski definition) is 2. The zero-order valence-electron chi connectivity index (χ0n) is 7.43. The van der Waals surface area contributed by atoms with E-state index >= 15 is 0 Å². The van der Waals surface area contributed by atoms with Gasteiger partial charge in [0.2, 0.25) is 0 Å². The van der Waals surface area contributed by atoms with Crippen LogP contribution in [0.5, 0.6) is 11.5 Å². The molecule has 0 N–H and O–H groups in total. The van der Waals surface area contributed by atoms with Gasteiger partial charge in [0.1, 0.15) is 0 Å². The lowest BCUT2D eigenvalue weighted by molar-refractivity contribution is 0.311. The van der Waals surface area contributed by atoms with Gasteiger partial charge in [-0.25, -0.2) is 0 Å². The van der Waals surface area contributed by atoms with Crippen LogP contribution in [0.15, 0.2) is 16.6 Å². The van der Waals surface area contributed by atoms with E-state index in [-0.39, 0.29) is 0 Å². The van der Waals surface area contributed by atoms with Crippen LogP contribution in [0.3, 0.4) is 0 Å². The molecule has 0 heterocycles. The molecule has 13 heavy (non-hydrogen) atoms. The first-order chi connectivity index (χ1) is 6.19. The first-order valence-corrected chi connectivity index (χ1v) is 5.02. The third-order valence-electron chi connectivity index (χ3n) is 1.51. The van der Waals surface area contributed by atoms with Gasteiger partial charge >= 0.3 is 0 Å². The van der Waals surface area contributed by atoms with Gasteiger partial charge in [-0.05, 0) is 28.9 Å². The van der Waals surface area contributed by atoms with Crippen molar-refractivity contribution in [2.75, 3.05) is 13.7 Å². The van der Waals surface area contributed by atoms with Crippen molar-refractivity contribution in [3.05, 3.63) is 21.6 Å². The average molecular weight is 266 g/mol. The maximum atomic E-state index is 5.90. The summed E-state index contributed by atoms with van der Waals surface area (Å²) in [6.45, 7) is 2.50. The molecule has 2 nitrogen and oxygen atoms in total. The van der Waals surface area contributed by atoms with Crippen molar-refractivity contribution in [2.24, 2.45) is 0 Å². The molecule has 0 radical (unpaired) electrons. The summed E-state index contributed by atoms with van der Waals surface area (Å²) in [5.74, 6) is 1.34. The van der Waals surface area contributed by atoms with Crippen molar-refractivity contribution in [1.29, 1.82) is 0 Å². The summed E-state index contributed by atoms with van der Waals surface area (Å²) in [4.78, 5) is 0. The predicted molar refractivity (Wildman–Crippen MR) is 56.9 cm³/mol. The third kappa shape index (κ3) is 2.51. The molecule has 0 aliphatic heterocycles. The fourth-order valence-electron chi connectivity index (χ4n) is 0.938. The molecule has 0 fully saturated rings. The number of benzene rings is 1. The fraction of sp³-hybridized carbons (Fsp3) is 0.333. The maximum absolute atomic E-state index is 5.90. The summed E-state index contributed by atoms with van der Waals surface area (Å²) in [6, 6.07) is 3.52. The third-order valence-corrected chi connectivity index (χ3v) is 2.70. The van der Waals surface area contributed by atoms with Crippen LogP contribution in [-0.2, 0) is 0 Å². The number of rotatable bonds is 3. The molecule has 0 aromatic heterocycles. The van der Waals surface area contributed by atoms with E-state index in [0.29, 0.717) is 23.1 Å². The lowest BCUT2D eigenvalue weighted by atomic mass is 10.3. The Balaban J connectivity index is 3.09. The summed E-state index contributed by atoms with van der Waals surface area (Å²) in [5, 5.41) is 0.615. The van der Waals surface area contributed by atoms with Crippen LogP contribution < -0.4 is 9.47 Å². The molecule has 1 rings (SSSR count). The van der Waals surface area contributed by atoms with Crippen LogP contribution >= 0.6 is 27.5 Å². The van der Waals surface area contributed by atoms with Crippen LogP contribution in [0.4, 0.5) is 0 Å². The van der Waals surface area contributed by atoms with E-state index in [1.165, 1.54) is 0 Å². The molecule has 0 aliphatic rings. The highest BCUT2D eigenvalue weighted by molar-refractivity contribution is 9.10. The molecule has 72 valence electrons. The van der Waals surface area contributed by atoms with Crippen LogP contribution in [-0.4, -0.2) is 13.7 Å². The van der Waals surface area contributed by atoms with E-state index in [4.69, 9.17) is 21.1 Å². The van der Waals surface area contributed by atoms with Crippen LogP contribution in [0.2, 0.25) is 5.02 Å². The standard InChI is InChI=1S/C9H10BrClO2/c1-3-13-9-5-7(11)6(10)4-8(9)12-2/h4-5H,3H2,1-2H3. The summed E-state index contributed by atoms with van der Waals surface area (Å²) < 4.78 is 11.3. The SMILES string of the molecule is CCOc1cc(Cl)c(Br)cc1OC. The second-order valence-corrected chi connectivity index (χ2v) is 3.61. The fourth-order valence-corrected chi connectivity index (χ4v) is 1.41. The lowest BCUT2D eigenvalue weighted by Crippen LogP contribution is -1.95. The normalized spacial score (nSPS) is 9.85. The van der Waals surface area contributed by atoms with Crippen molar-refractivity contribution in [3.63, 3.8) is 0 Å². The quantitative estimate of drug-likeness (QED) is 0.833. The Labute approximate surface area is 90.9 Å². The van der Waals surface area contributed by atoms with Gasteiger partial charge in [0, 0.05) is 10.5 Å². The van der Waals surface area contributed by atoms with Gasteiger partial charge in [-0.3, -0.25) is 0 Å². The molecule has 1 aromatic carbocycles. The molecule has 0 unspecified atom stereocenters. The Morgan fingerprint density at radius 1 is 1.38 bits per heavy atom. The summed E-state index contributed by atoms with van der Waals surface area (Å²) in [7, 11) is 1.60. The molecule has 0 amide bonds. The molecule has 0 saturated heterocycles. The lowest BCUT2D eigenvalue weighted by Gasteiger charge is -2.10. The van der Waals surface area contributed by atoms with Crippen LogP contribution in [0, 0.1) is 0 Å². The first-order valence-electron chi connectivity index (χ1n) is 3.84. The van der Waals surface area contributed by atoms with Crippen molar-refractivity contribution in [2.45, 2.75) is 6.92 Å². The summed E-state index contributed by atoms with van der Waals surface area (Å²) >= 11 is 9.20. The zero-order chi connectivity index (χ0) is 9.84. The van der Waals surface area contributed by atoms with Crippen LogP contribution in [0.1, 0.15) is 6.92 Å². The Kier molecular flexibility index (Phi) is 3.88. The number of methoxy groups -OCH3 is 1. The number of ether oxygens (including phenoxy) is 2. The van der Waals surface area contributed by atoms with Crippen molar-refractivity contribution < 1.29 is 9.47 Å². The largest absolute Gasteiger partial charge is 0.493 e. The Morgan fingerprint density at radius 3 is 2.62 bits per heavy atom. The van der Waals surface area contributed by atoms with E-state index < -0.39 is 0 Å². The summed E-state index contributed by atoms with van der Waals surface area (Å²) in [6.07, 6.45) is 0. The Hall–Kier alpha value is -0.410. The van der Waals surface area contributed by atoms with Gasteiger partial charge in [0.15, 0.2) is 11.5 Å². The smallest absolute Gasteiger partial charge is 0.162 e. The highest BCUT2D eigenvalue weighted by atomic mass is 79.9. The van der Waals surface area contributed by atoms with Crippen molar-refractivity contribution in [1.82, 2.24) is 0 Å². The monoisotopic (exact) mass is 264 g/mol. The second-order valence-electron chi connectivity index (χ2n) is 2.35. The molecule has 0 bridgehead atoms. The van der Waals surface area contributed by atoms with Gasteiger partial charge in [-0.15, -0.1) is 0 Å². The Bertz CT molecular complexity index is 302. The summed E-state index contributed by atoms with van der Waals surface area (Å²) in [5.41, 5.74) is 0. The molecular formula is C9H10BrClO2. The second kappa shape index (κ2) is 4.72. The Morgan fingerprint density at radius 2 is 2.08 bits per heavy atom. The minimum absolute atomic E-state index is 0.592. The van der Waals surface area contributed by atoms with Crippen LogP contribution in [0.25, 0.3) is 0 Å². The number of hydrogen-bond donors (Lipinski definition) is 0. The molecule has 0 aliphatic carbocycles. The molecular weight excluding hydrogens is 255 g/mol. The van der Waals surface area contributed by atoms with Gasteiger partial charge in [-0.2, -0.15) is 0 Å². The number of halogens is 2. The van der Waals surface area contributed by atoms with Crippen molar-refractivity contribution in [3.8, 4) is 11.5 Å². The minimum atomic E-state index is 0.592. The first kappa shape index (κ1) is 10.7. The molecule has 0 saturated carbocycles. The predicted octanol–water partition coefficient (Wildman–Crippen LogP) is 3.51. The van der Waals surface area contributed by atoms with Gasteiger partial charge in [-0.1, -0.05) is 11.6 Å². The van der Waals surface area contributed by atoms with Gasteiger partial charge in [0.05, 0.1) is 18.7 Å². The molecule has 4 heteroatoms. The molecule has 0 atom stereocenters. The van der Waals surface area contributed by atoms with E-state index in [1.54, 1.807) is 19.2 Å². The van der Waals surface area contributed by atoms with E-state index in [0.717, 1.165) is 4.47 Å². The van der Waals surface area contributed by atoms with E-state index in [1.807, 2.05) is 6.92 Å². The van der Waals surface area contributed by atoms with Gasteiger partial charge < -0.3 is 9.47 Å². The average Bonchev–Trinajstić information content (AvgIpc) is 2.11. The molecule has 1 aromatic rings. The van der Waals surface area contributed by atoms with Gasteiger partial charge in [0.25, 0.3) is 0 Å². The van der Waals surface area contributed by atoms with E-state index in [9.17, 15) is 0 Å². The minimum Gasteiger partial charge on any atom is -0.493 e. The van der Waals surface area contributed by atoms with Crippen molar-refractivity contribution >= 4 is 27.5 Å². The van der Waals surface area contributed by atoms with E-state index in [2.05, 4.69) is 15.9 Å². The highest BCUT2D eigenvalue weighted by Gasteiger charge is 2.07. The maximum Gasteiger partial charge on any atom is 0.162 e. The highest BCUT2D eigenvalue weighted by Crippen LogP contribution is 2.35. The molecule has 0 spiro atoms. The topological polar surface area (TPSA) is 18.5 Å². The zero-order valence-corrected chi connectivity index (χ0v) is 9.78.